The summed E-state index contributed by atoms with van der Waals surface area (Å²) < 4.78 is 0. The summed E-state index contributed by atoms with van der Waals surface area (Å²) in [6, 6.07) is -0.252. The average molecular weight is 284 g/mol. The molecule has 5 heteroatoms. The molecule has 2 N–H and O–H groups in total. The molecule has 0 bridgehead atoms. The van der Waals surface area contributed by atoms with Gasteiger partial charge in [0, 0.05) is 18.6 Å². The van der Waals surface area contributed by atoms with Crippen molar-refractivity contribution in [2.45, 2.75) is 65.5 Å². The van der Waals surface area contributed by atoms with Crippen molar-refractivity contribution >= 4 is 12.0 Å². The Morgan fingerprint density at radius 3 is 2.30 bits per heavy atom. The maximum absolute atomic E-state index is 12.4. The zero-order valence-corrected chi connectivity index (χ0v) is 13.1. The molecular formula is C15H28N2O3. The molecule has 1 aliphatic carbocycles. The summed E-state index contributed by atoms with van der Waals surface area (Å²) in [6.07, 6.45) is 3.34. The molecule has 0 aliphatic heterocycles. The predicted octanol–water partition coefficient (Wildman–Crippen LogP) is 2.71. The highest BCUT2D eigenvalue weighted by atomic mass is 16.4. The lowest BCUT2D eigenvalue weighted by Gasteiger charge is -2.34. The molecule has 0 aromatic carbocycles. The first kappa shape index (κ1) is 16.8. The number of carboxylic acid groups (broad SMARTS) is 1. The highest BCUT2D eigenvalue weighted by molar-refractivity contribution is 5.77. The van der Waals surface area contributed by atoms with Gasteiger partial charge in [-0.2, -0.15) is 0 Å². The van der Waals surface area contributed by atoms with Crippen LogP contribution in [0.4, 0.5) is 4.79 Å². The molecule has 1 aliphatic rings. The Morgan fingerprint density at radius 2 is 1.80 bits per heavy atom. The van der Waals surface area contributed by atoms with Gasteiger partial charge in [0.15, 0.2) is 0 Å². The van der Waals surface area contributed by atoms with Gasteiger partial charge in [-0.3, -0.25) is 4.79 Å². The van der Waals surface area contributed by atoms with E-state index in [1.54, 1.807) is 4.90 Å². The van der Waals surface area contributed by atoms with Gasteiger partial charge in [-0.1, -0.05) is 26.7 Å². The molecule has 2 unspecified atom stereocenters. The van der Waals surface area contributed by atoms with Crippen LogP contribution in [0, 0.1) is 11.8 Å². The second-order valence-corrected chi connectivity index (χ2v) is 6.43. The maximum atomic E-state index is 12.4. The maximum Gasteiger partial charge on any atom is 0.317 e. The Morgan fingerprint density at radius 1 is 1.20 bits per heavy atom. The number of hydrogen-bond acceptors (Lipinski definition) is 2. The lowest BCUT2D eigenvalue weighted by molar-refractivity contribution is -0.143. The van der Waals surface area contributed by atoms with Gasteiger partial charge in [-0.15, -0.1) is 0 Å². The Kier molecular flexibility index (Phi) is 6.30. The molecule has 1 rings (SSSR count). The van der Waals surface area contributed by atoms with Gasteiger partial charge < -0.3 is 15.3 Å². The van der Waals surface area contributed by atoms with Crippen molar-refractivity contribution in [1.29, 1.82) is 0 Å². The van der Waals surface area contributed by atoms with Crippen molar-refractivity contribution in [2.24, 2.45) is 11.8 Å². The zero-order chi connectivity index (χ0) is 15.3. The zero-order valence-electron chi connectivity index (χ0n) is 13.1. The van der Waals surface area contributed by atoms with Gasteiger partial charge in [-0.05, 0) is 32.6 Å². The number of urea groups is 1. The number of aliphatic carboxylic acids is 1. The van der Waals surface area contributed by atoms with Crippen LogP contribution in [0.15, 0.2) is 0 Å². The second kappa shape index (κ2) is 7.50. The van der Waals surface area contributed by atoms with Gasteiger partial charge in [0.05, 0.1) is 5.92 Å². The molecule has 20 heavy (non-hydrogen) atoms. The number of carbonyl (C=O) groups is 2. The number of nitrogens with one attached hydrogen (secondary N) is 1. The molecule has 0 spiro atoms. The second-order valence-electron chi connectivity index (χ2n) is 6.43. The molecule has 0 aromatic heterocycles. The minimum Gasteiger partial charge on any atom is -0.481 e. The van der Waals surface area contributed by atoms with Crippen LogP contribution in [-0.2, 0) is 4.79 Å². The summed E-state index contributed by atoms with van der Waals surface area (Å²) in [5.41, 5.74) is 0. The number of carbonyl (C=O) groups excluding carboxylic acids is 1. The van der Waals surface area contributed by atoms with E-state index in [1.807, 2.05) is 13.8 Å². The quantitative estimate of drug-likeness (QED) is 0.815. The molecule has 1 fully saturated rings. The minimum atomic E-state index is -0.796. The van der Waals surface area contributed by atoms with E-state index < -0.39 is 11.9 Å². The molecule has 1 saturated carbocycles. The standard InChI is InChI=1S/C15H28N2O3/c1-10(2)9-17(11(3)4)15(20)16-13-8-6-5-7-12(13)14(18)19/h10-13H,5-9H2,1-4H3,(H,16,20)(H,18,19). The fourth-order valence-corrected chi connectivity index (χ4v) is 2.76. The third-order valence-corrected chi connectivity index (χ3v) is 3.84. The summed E-state index contributed by atoms with van der Waals surface area (Å²) in [5.74, 6) is -0.847. The van der Waals surface area contributed by atoms with Crippen LogP contribution < -0.4 is 5.32 Å². The fraction of sp³-hybridized carbons (Fsp3) is 0.867. The molecule has 2 amide bonds. The fourth-order valence-electron chi connectivity index (χ4n) is 2.76. The molecule has 0 heterocycles. The van der Waals surface area contributed by atoms with Crippen LogP contribution >= 0.6 is 0 Å². The van der Waals surface area contributed by atoms with Crippen LogP contribution in [0.25, 0.3) is 0 Å². The first-order chi connectivity index (χ1) is 9.32. The highest BCUT2D eigenvalue weighted by Gasteiger charge is 2.33. The van der Waals surface area contributed by atoms with Crippen LogP contribution in [-0.4, -0.2) is 40.6 Å². The van der Waals surface area contributed by atoms with E-state index in [0.717, 1.165) is 19.3 Å². The number of hydrogen-bond donors (Lipinski definition) is 2. The van der Waals surface area contributed by atoms with Crippen molar-refractivity contribution in [3.05, 3.63) is 0 Å². The first-order valence-corrected chi connectivity index (χ1v) is 7.62. The summed E-state index contributed by atoms with van der Waals surface area (Å²) in [6.45, 7) is 8.80. The number of rotatable bonds is 5. The summed E-state index contributed by atoms with van der Waals surface area (Å²) in [5, 5.41) is 12.2. The van der Waals surface area contributed by atoms with Crippen molar-refractivity contribution < 1.29 is 14.7 Å². The Labute approximate surface area is 121 Å². The summed E-state index contributed by atoms with van der Waals surface area (Å²) in [4.78, 5) is 25.4. The minimum absolute atomic E-state index is 0.115. The van der Waals surface area contributed by atoms with E-state index in [4.69, 9.17) is 0 Å². The SMILES string of the molecule is CC(C)CN(C(=O)NC1CCCCC1C(=O)O)C(C)C. The molecule has 116 valence electrons. The van der Waals surface area contributed by atoms with Crippen LogP contribution in [0.1, 0.15) is 53.4 Å². The van der Waals surface area contributed by atoms with Crippen LogP contribution in [0.5, 0.6) is 0 Å². The van der Waals surface area contributed by atoms with Crippen molar-refractivity contribution in [2.75, 3.05) is 6.54 Å². The van der Waals surface area contributed by atoms with E-state index in [2.05, 4.69) is 19.2 Å². The highest BCUT2D eigenvalue weighted by Crippen LogP contribution is 2.25. The molecule has 0 radical (unpaired) electrons. The number of carboxylic acids is 1. The molecular weight excluding hydrogens is 256 g/mol. The number of amides is 2. The third-order valence-electron chi connectivity index (χ3n) is 3.84. The van der Waals surface area contributed by atoms with E-state index in [9.17, 15) is 14.7 Å². The average Bonchev–Trinajstić information content (AvgIpc) is 2.35. The van der Waals surface area contributed by atoms with Crippen molar-refractivity contribution in [3.63, 3.8) is 0 Å². The predicted molar refractivity (Wildman–Crippen MR) is 78.6 cm³/mol. The molecule has 0 aromatic rings. The summed E-state index contributed by atoms with van der Waals surface area (Å²) >= 11 is 0. The largest absolute Gasteiger partial charge is 0.481 e. The first-order valence-electron chi connectivity index (χ1n) is 7.62. The lowest BCUT2D eigenvalue weighted by atomic mass is 9.84. The Bertz CT molecular complexity index is 342. The Hall–Kier alpha value is -1.26. The van der Waals surface area contributed by atoms with Gasteiger partial charge in [0.2, 0.25) is 0 Å². The normalized spacial score (nSPS) is 22.9. The van der Waals surface area contributed by atoms with Gasteiger partial charge >= 0.3 is 12.0 Å². The number of nitrogens with zero attached hydrogens (tertiary/aromatic N) is 1. The molecule has 0 saturated heterocycles. The Balaban J connectivity index is 2.68. The molecule has 2 atom stereocenters. The van der Waals surface area contributed by atoms with Gasteiger partial charge in [0.1, 0.15) is 0 Å². The van der Waals surface area contributed by atoms with E-state index in [1.165, 1.54) is 0 Å². The van der Waals surface area contributed by atoms with E-state index in [0.29, 0.717) is 18.9 Å². The molecule has 5 nitrogen and oxygen atoms in total. The topological polar surface area (TPSA) is 69.6 Å². The monoisotopic (exact) mass is 284 g/mol. The van der Waals surface area contributed by atoms with Crippen LogP contribution in [0.2, 0.25) is 0 Å². The van der Waals surface area contributed by atoms with Crippen molar-refractivity contribution in [3.8, 4) is 0 Å². The van der Waals surface area contributed by atoms with Gasteiger partial charge in [-0.25, -0.2) is 4.79 Å². The van der Waals surface area contributed by atoms with Crippen molar-refractivity contribution in [1.82, 2.24) is 10.2 Å². The summed E-state index contributed by atoms with van der Waals surface area (Å²) in [7, 11) is 0. The third kappa shape index (κ3) is 4.69. The van der Waals surface area contributed by atoms with Gasteiger partial charge in [0.25, 0.3) is 0 Å². The lowest BCUT2D eigenvalue weighted by Crippen LogP contribution is -2.52. The van der Waals surface area contributed by atoms with Crippen LogP contribution in [0.3, 0.4) is 0 Å². The van der Waals surface area contributed by atoms with E-state index >= 15 is 0 Å². The smallest absolute Gasteiger partial charge is 0.317 e. The van der Waals surface area contributed by atoms with E-state index in [-0.39, 0.29) is 18.1 Å².